The van der Waals surface area contributed by atoms with E-state index < -0.39 is 21.9 Å². The van der Waals surface area contributed by atoms with Crippen molar-refractivity contribution in [3.63, 3.8) is 0 Å². The third kappa shape index (κ3) is 9.86. The summed E-state index contributed by atoms with van der Waals surface area (Å²) in [5.74, 6) is -1.85. The predicted molar refractivity (Wildman–Crippen MR) is 73.5 cm³/mol. The predicted octanol–water partition coefficient (Wildman–Crippen LogP) is 1.08. The molecule has 0 radical (unpaired) electrons. The van der Waals surface area contributed by atoms with Crippen LogP contribution in [0.15, 0.2) is 0 Å². The van der Waals surface area contributed by atoms with Gasteiger partial charge in [-0.2, -0.15) is 0 Å². The molecule has 0 saturated heterocycles. The lowest BCUT2D eigenvalue weighted by Gasteiger charge is -2.23. The number of hydrogen-bond acceptors (Lipinski definition) is 4. The summed E-state index contributed by atoms with van der Waals surface area (Å²) in [6.07, 6.45) is 0.413. The van der Waals surface area contributed by atoms with Gasteiger partial charge in [0.1, 0.15) is 0 Å². The first kappa shape index (κ1) is 18.3. The van der Waals surface area contributed by atoms with Crippen molar-refractivity contribution in [1.29, 1.82) is 0 Å². The summed E-state index contributed by atoms with van der Waals surface area (Å²) in [6, 6.07) is 0. The number of sulfonamides is 1. The quantitative estimate of drug-likeness (QED) is 0.621. The summed E-state index contributed by atoms with van der Waals surface area (Å²) in [7, 11) is -3.48. The van der Waals surface area contributed by atoms with Gasteiger partial charge in [-0.3, -0.25) is 4.79 Å². The van der Waals surface area contributed by atoms with Crippen LogP contribution in [0.1, 0.15) is 34.1 Å². The lowest BCUT2D eigenvalue weighted by molar-refractivity contribution is -0.142. The summed E-state index contributed by atoms with van der Waals surface area (Å²) < 4.78 is 30.5. The number of carboxylic acids is 1. The van der Waals surface area contributed by atoms with Crippen LogP contribution in [0.2, 0.25) is 0 Å². The van der Waals surface area contributed by atoms with Crippen LogP contribution < -0.4 is 4.72 Å². The number of ether oxygens (including phenoxy) is 1. The van der Waals surface area contributed by atoms with E-state index in [0.717, 1.165) is 0 Å². The summed E-state index contributed by atoms with van der Waals surface area (Å²) in [4.78, 5) is 11.1. The topological polar surface area (TPSA) is 92.7 Å². The number of carbonyl (C=O) groups is 1. The molecule has 1 atom stereocenters. The monoisotopic (exact) mass is 295 g/mol. The van der Waals surface area contributed by atoms with Crippen LogP contribution in [0, 0.1) is 11.3 Å². The largest absolute Gasteiger partial charge is 0.481 e. The maximum absolute atomic E-state index is 11.6. The molecule has 0 aliphatic heterocycles. The molecule has 0 spiro atoms. The Morgan fingerprint density at radius 3 is 2.37 bits per heavy atom. The second-order valence-corrected chi connectivity index (χ2v) is 7.59. The van der Waals surface area contributed by atoms with Crippen molar-refractivity contribution in [2.24, 2.45) is 11.3 Å². The highest BCUT2D eigenvalue weighted by Gasteiger charge is 2.26. The van der Waals surface area contributed by atoms with Crippen molar-refractivity contribution in [3.05, 3.63) is 0 Å². The van der Waals surface area contributed by atoms with Gasteiger partial charge in [0.15, 0.2) is 0 Å². The molecule has 114 valence electrons. The molecule has 0 aliphatic carbocycles. The van der Waals surface area contributed by atoms with Crippen molar-refractivity contribution >= 4 is 16.0 Å². The van der Waals surface area contributed by atoms with E-state index in [1.165, 1.54) is 0 Å². The van der Waals surface area contributed by atoms with Crippen LogP contribution in [-0.4, -0.2) is 45.0 Å². The molecule has 19 heavy (non-hydrogen) atoms. The van der Waals surface area contributed by atoms with Gasteiger partial charge in [0.05, 0.1) is 18.3 Å². The number of rotatable bonds is 9. The second-order valence-electron chi connectivity index (χ2n) is 5.66. The fourth-order valence-electron chi connectivity index (χ4n) is 1.60. The maximum Gasteiger partial charge on any atom is 0.307 e. The second kappa shape index (κ2) is 7.81. The van der Waals surface area contributed by atoms with Crippen LogP contribution in [0.4, 0.5) is 0 Å². The van der Waals surface area contributed by atoms with E-state index in [0.29, 0.717) is 13.0 Å². The molecular weight excluding hydrogens is 270 g/mol. The van der Waals surface area contributed by atoms with E-state index in [9.17, 15) is 13.2 Å². The Balaban J connectivity index is 4.35. The Morgan fingerprint density at radius 2 is 1.95 bits per heavy atom. The zero-order valence-electron chi connectivity index (χ0n) is 12.1. The molecule has 0 aromatic heterocycles. The van der Waals surface area contributed by atoms with Crippen molar-refractivity contribution in [1.82, 2.24) is 4.72 Å². The lowest BCUT2D eigenvalue weighted by atomic mass is 9.85. The molecular formula is C12H25NO5S. The number of hydrogen-bond donors (Lipinski definition) is 2. The highest BCUT2D eigenvalue weighted by atomic mass is 32.2. The zero-order valence-corrected chi connectivity index (χ0v) is 12.9. The van der Waals surface area contributed by atoms with Gasteiger partial charge in [-0.1, -0.05) is 20.8 Å². The molecule has 0 amide bonds. The van der Waals surface area contributed by atoms with Crippen molar-refractivity contribution in [2.45, 2.75) is 34.1 Å². The summed E-state index contributed by atoms with van der Waals surface area (Å²) in [5.41, 5.74) is -0.167. The van der Waals surface area contributed by atoms with Gasteiger partial charge in [0.25, 0.3) is 0 Å². The van der Waals surface area contributed by atoms with E-state index in [1.54, 1.807) is 6.92 Å². The van der Waals surface area contributed by atoms with E-state index >= 15 is 0 Å². The zero-order chi connectivity index (χ0) is 15.1. The molecule has 0 aromatic rings. The minimum absolute atomic E-state index is 0.0823. The fraction of sp³-hybridized carbons (Fsp3) is 0.917. The standard InChI is InChI=1S/C12H25NO5S/c1-5-18-6-7-19(16,17)13-9-10(11(14)15)8-12(2,3)4/h10,13H,5-9H2,1-4H3,(H,14,15). The Labute approximate surface area is 115 Å². The fourth-order valence-corrected chi connectivity index (χ4v) is 2.54. The number of carboxylic acid groups (broad SMARTS) is 1. The maximum atomic E-state index is 11.6. The molecule has 2 N–H and O–H groups in total. The molecule has 7 heteroatoms. The van der Waals surface area contributed by atoms with Gasteiger partial charge in [-0.15, -0.1) is 0 Å². The van der Waals surface area contributed by atoms with E-state index in [4.69, 9.17) is 9.84 Å². The van der Waals surface area contributed by atoms with E-state index in [1.807, 2.05) is 20.8 Å². The Bertz CT molecular complexity index is 372. The van der Waals surface area contributed by atoms with Gasteiger partial charge in [-0.25, -0.2) is 13.1 Å². The minimum atomic E-state index is -3.48. The van der Waals surface area contributed by atoms with Crippen LogP contribution in [-0.2, 0) is 19.6 Å². The number of nitrogens with one attached hydrogen (secondary N) is 1. The average Bonchev–Trinajstić information content (AvgIpc) is 2.22. The first-order valence-corrected chi connectivity index (χ1v) is 8.00. The third-order valence-corrected chi connectivity index (χ3v) is 3.77. The Kier molecular flexibility index (Phi) is 7.54. The smallest absolute Gasteiger partial charge is 0.307 e. The van der Waals surface area contributed by atoms with Gasteiger partial charge in [0, 0.05) is 13.2 Å². The van der Waals surface area contributed by atoms with Gasteiger partial charge in [-0.05, 0) is 18.8 Å². The Morgan fingerprint density at radius 1 is 1.37 bits per heavy atom. The first-order valence-electron chi connectivity index (χ1n) is 6.35. The molecule has 0 bridgehead atoms. The van der Waals surface area contributed by atoms with Gasteiger partial charge in [0.2, 0.25) is 10.0 Å². The van der Waals surface area contributed by atoms with Gasteiger partial charge >= 0.3 is 5.97 Å². The molecule has 0 aliphatic rings. The highest BCUT2D eigenvalue weighted by molar-refractivity contribution is 7.89. The molecule has 0 rings (SSSR count). The van der Waals surface area contributed by atoms with Crippen LogP contribution in [0.5, 0.6) is 0 Å². The first-order chi connectivity index (χ1) is 8.57. The molecule has 6 nitrogen and oxygen atoms in total. The van der Waals surface area contributed by atoms with Gasteiger partial charge < -0.3 is 9.84 Å². The highest BCUT2D eigenvalue weighted by Crippen LogP contribution is 2.24. The summed E-state index contributed by atoms with van der Waals surface area (Å²) >= 11 is 0. The molecule has 0 heterocycles. The summed E-state index contributed by atoms with van der Waals surface area (Å²) in [6.45, 7) is 8.04. The van der Waals surface area contributed by atoms with Crippen molar-refractivity contribution < 1.29 is 23.1 Å². The van der Waals surface area contributed by atoms with E-state index in [-0.39, 0.29) is 24.3 Å². The summed E-state index contributed by atoms with van der Waals surface area (Å²) in [5, 5.41) is 9.09. The minimum Gasteiger partial charge on any atom is -0.481 e. The average molecular weight is 295 g/mol. The number of aliphatic carboxylic acids is 1. The molecule has 0 aromatic carbocycles. The molecule has 0 fully saturated rings. The van der Waals surface area contributed by atoms with E-state index in [2.05, 4.69) is 4.72 Å². The third-order valence-electron chi connectivity index (χ3n) is 2.46. The van der Waals surface area contributed by atoms with Crippen LogP contribution in [0.3, 0.4) is 0 Å². The van der Waals surface area contributed by atoms with Crippen molar-refractivity contribution in [2.75, 3.05) is 25.5 Å². The van der Waals surface area contributed by atoms with Crippen molar-refractivity contribution in [3.8, 4) is 0 Å². The lowest BCUT2D eigenvalue weighted by Crippen LogP contribution is -2.36. The molecule has 0 saturated carbocycles. The molecule has 1 unspecified atom stereocenters. The van der Waals surface area contributed by atoms with Crippen LogP contribution >= 0.6 is 0 Å². The SMILES string of the molecule is CCOCCS(=O)(=O)NCC(CC(C)(C)C)C(=O)O. The Hall–Kier alpha value is -0.660. The van der Waals surface area contributed by atoms with Crippen LogP contribution in [0.25, 0.3) is 0 Å². The normalized spacial score (nSPS) is 14.3.